The predicted octanol–water partition coefficient (Wildman–Crippen LogP) is 1.10. The topological polar surface area (TPSA) is 76.7 Å². The van der Waals surface area contributed by atoms with E-state index in [1.165, 1.54) is 12.8 Å². The lowest BCUT2D eigenvalue weighted by atomic mass is 10.2. The van der Waals surface area contributed by atoms with Crippen molar-refractivity contribution >= 4 is 0 Å². The number of H-pyrrole nitrogens is 1. The van der Waals surface area contributed by atoms with Crippen molar-refractivity contribution < 1.29 is 0 Å². The van der Waals surface area contributed by atoms with Gasteiger partial charge < -0.3 is 5.73 Å². The summed E-state index contributed by atoms with van der Waals surface area (Å²) < 4.78 is 1.77. The second-order valence-corrected chi connectivity index (χ2v) is 4.21. The number of nitrogens with two attached hydrogens (primary N) is 1. The highest BCUT2D eigenvalue weighted by Gasteiger charge is 2.24. The molecule has 0 spiro atoms. The first kappa shape index (κ1) is 10.4. The van der Waals surface area contributed by atoms with Crippen molar-refractivity contribution in [1.82, 2.24) is 14.8 Å². The second kappa shape index (κ2) is 4.18. The zero-order valence-electron chi connectivity index (χ0n) is 9.07. The van der Waals surface area contributed by atoms with Gasteiger partial charge >= 0.3 is 5.69 Å². The molecule has 2 rings (SSSR count). The van der Waals surface area contributed by atoms with Crippen LogP contribution in [0.5, 0.6) is 0 Å². The molecule has 1 aliphatic carbocycles. The van der Waals surface area contributed by atoms with Crippen LogP contribution in [-0.2, 0) is 0 Å². The number of aromatic nitrogens is 3. The summed E-state index contributed by atoms with van der Waals surface area (Å²) in [7, 11) is 0. The molecule has 1 aromatic heterocycles. The SMILES string of the molecule is CC[C@H](N)c1n[nH]c(=O)n1C1CCCC1. The maximum Gasteiger partial charge on any atom is 0.343 e. The average molecular weight is 210 g/mol. The van der Waals surface area contributed by atoms with E-state index in [0.29, 0.717) is 6.04 Å². The lowest BCUT2D eigenvalue weighted by molar-refractivity contribution is 0.462. The third-order valence-corrected chi connectivity index (χ3v) is 3.19. The lowest BCUT2D eigenvalue weighted by Crippen LogP contribution is -2.25. The van der Waals surface area contributed by atoms with Gasteiger partial charge in [0.25, 0.3) is 0 Å². The first-order valence-corrected chi connectivity index (χ1v) is 5.66. The first-order valence-electron chi connectivity index (χ1n) is 5.66. The molecule has 15 heavy (non-hydrogen) atoms. The fraction of sp³-hybridized carbons (Fsp3) is 0.800. The van der Waals surface area contributed by atoms with E-state index in [0.717, 1.165) is 25.1 Å². The van der Waals surface area contributed by atoms with Gasteiger partial charge in [-0.2, -0.15) is 5.10 Å². The Morgan fingerprint density at radius 2 is 2.27 bits per heavy atom. The van der Waals surface area contributed by atoms with Gasteiger partial charge in [0, 0.05) is 6.04 Å². The van der Waals surface area contributed by atoms with Crippen LogP contribution >= 0.6 is 0 Å². The van der Waals surface area contributed by atoms with E-state index in [1.54, 1.807) is 4.57 Å². The molecule has 5 heteroatoms. The Hall–Kier alpha value is -1.10. The van der Waals surface area contributed by atoms with Gasteiger partial charge in [0.05, 0.1) is 6.04 Å². The second-order valence-electron chi connectivity index (χ2n) is 4.21. The normalized spacial score (nSPS) is 19.6. The Balaban J connectivity index is 2.35. The van der Waals surface area contributed by atoms with Crippen molar-refractivity contribution in [1.29, 1.82) is 0 Å². The summed E-state index contributed by atoms with van der Waals surface area (Å²) in [5.74, 6) is 0.717. The highest BCUT2D eigenvalue weighted by molar-refractivity contribution is 4.97. The fourth-order valence-corrected chi connectivity index (χ4v) is 2.28. The van der Waals surface area contributed by atoms with Crippen LogP contribution in [0.1, 0.15) is 56.9 Å². The van der Waals surface area contributed by atoms with Crippen LogP contribution in [0.2, 0.25) is 0 Å². The third kappa shape index (κ3) is 1.84. The molecule has 0 aromatic carbocycles. The molecule has 0 radical (unpaired) electrons. The quantitative estimate of drug-likeness (QED) is 0.784. The van der Waals surface area contributed by atoms with E-state index in [9.17, 15) is 4.79 Å². The molecule has 0 unspecified atom stereocenters. The summed E-state index contributed by atoms with van der Waals surface area (Å²) in [6.07, 6.45) is 5.34. The van der Waals surface area contributed by atoms with Crippen molar-refractivity contribution in [2.24, 2.45) is 5.73 Å². The average Bonchev–Trinajstić information content (AvgIpc) is 2.85. The van der Waals surface area contributed by atoms with E-state index in [2.05, 4.69) is 10.2 Å². The van der Waals surface area contributed by atoms with Crippen LogP contribution in [0.4, 0.5) is 0 Å². The van der Waals surface area contributed by atoms with Crippen LogP contribution in [0, 0.1) is 0 Å². The van der Waals surface area contributed by atoms with Crippen LogP contribution in [0.25, 0.3) is 0 Å². The summed E-state index contributed by atoms with van der Waals surface area (Å²) in [4.78, 5) is 11.6. The molecule has 1 heterocycles. The van der Waals surface area contributed by atoms with E-state index < -0.39 is 0 Å². The third-order valence-electron chi connectivity index (χ3n) is 3.19. The molecule has 1 aromatic rings. The van der Waals surface area contributed by atoms with E-state index >= 15 is 0 Å². The molecule has 84 valence electrons. The molecule has 1 aliphatic rings. The van der Waals surface area contributed by atoms with Crippen LogP contribution in [0.15, 0.2) is 4.79 Å². The minimum atomic E-state index is -0.135. The summed E-state index contributed by atoms with van der Waals surface area (Å²) in [5, 5.41) is 6.54. The van der Waals surface area contributed by atoms with Crippen LogP contribution < -0.4 is 11.4 Å². The Morgan fingerprint density at radius 1 is 1.60 bits per heavy atom. The first-order chi connectivity index (χ1) is 7.24. The minimum absolute atomic E-state index is 0.110. The molecule has 1 fully saturated rings. The number of nitrogens with zero attached hydrogens (tertiary/aromatic N) is 2. The van der Waals surface area contributed by atoms with Gasteiger partial charge in [0.1, 0.15) is 0 Å². The smallest absolute Gasteiger partial charge is 0.321 e. The van der Waals surface area contributed by atoms with E-state index in [1.807, 2.05) is 6.92 Å². The molecule has 0 saturated heterocycles. The van der Waals surface area contributed by atoms with Crippen molar-refractivity contribution in [3.8, 4) is 0 Å². The monoisotopic (exact) mass is 210 g/mol. The van der Waals surface area contributed by atoms with Gasteiger partial charge in [-0.05, 0) is 19.3 Å². The van der Waals surface area contributed by atoms with E-state index in [4.69, 9.17) is 5.73 Å². The number of aromatic amines is 1. The van der Waals surface area contributed by atoms with Crippen molar-refractivity contribution in [3.63, 3.8) is 0 Å². The summed E-state index contributed by atoms with van der Waals surface area (Å²) in [5.41, 5.74) is 5.82. The largest absolute Gasteiger partial charge is 0.343 e. The Labute approximate surface area is 88.7 Å². The molecule has 0 aliphatic heterocycles. The van der Waals surface area contributed by atoms with Gasteiger partial charge in [-0.1, -0.05) is 19.8 Å². The molecule has 5 nitrogen and oxygen atoms in total. The number of rotatable bonds is 3. The van der Waals surface area contributed by atoms with Crippen LogP contribution in [-0.4, -0.2) is 14.8 Å². The van der Waals surface area contributed by atoms with Gasteiger partial charge in [-0.15, -0.1) is 0 Å². The predicted molar refractivity (Wildman–Crippen MR) is 57.6 cm³/mol. The number of hydrogen-bond donors (Lipinski definition) is 2. The highest BCUT2D eigenvalue weighted by Crippen LogP contribution is 2.29. The molecule has 1 atom stereocenters. The van der Waals surface area contributed by atoms with Gasteiger partial charge in [0.2, 0.25) is 0 Å². The summed E-state index contributed by atoms with van der Waals surface area (Å²) in [6, 6.07) is 0.174. The fourth-order valence-electron chi connectivity index (χ4n) is 2.28. The number of nitrogens with one attached hydrogen (secondary N) is 1. The van der Waals surface area contributed by atoms with Crippen molar-refractivity contribution in [3.05, 3.63) is 16.3 Å². The van der Waals surface area contributed by atoms with Crippen LogP contribution in [0.3, 0.4) is 0 Å². The molecular formula is C10H18N4O. The molecule has 3 N–H and O–H groups in total. The Morgan fingerprint density at radius 3 is 2.87 bits per heavy atom. The molecular weight excluding hydrogens is 192 g/mol. The molecule has 0 bridgehead atoms. The number of hydrogen-bond acceptors (Lipinski definition) is 3. The standard InChI is InChI=1S/C10H18N4O/c1-2-8(11)9-12-13-10(15)14(9)7-5-3-4-6-7/h7-8H,2-6,11H2,1H3,(H,13,15)/t8-/m0/s1. The Bertz CT molecular complexity index is 375. The minimum Gasteiger partial charge on any atom is -0.321 e. The lowest BCUT2D eigenvalue weighted by Gasteiger charge is -2.15. The highest BCUT2D eigenvalue weighted by atomic mass is 16.1. The van der Waals surface area contributed by atoms with Gasteiger partial charge in [0.15, 0.2) is 5.82 Å². The summed E-state index contributed by atoms with van der Waals surface area (Å²) in [6.45, 7) is 2.00. The Kier molecular flexibility index (Phi) is 2.90. The molecule has 1 saturated carbocycles. The zero-order valence-corrected chi connectivity index (χ0v) is 9.07. The van der Waals surface area contributed by atoms with Gasteiger partial charge in [-0.3, -0.25) is 4.57 Å². The van der Waals surface area contributed by atoms with Crippen molar-refractivity contribution in [2.45, 2.75) is 51.1 Å². The maximum absolute atomic E-state index is 11.6. The maximum atomic E-state index is 11.6. The van der Waals surface area contributed by atoms with Crippen molar-refractivity contribution in [2.75, 3.05) is 0 Å². The summed E-state index contributed by atoms with van der Waals surface area (Å²) >= 11 is 0. The molecule has 0 amide bonds. The van der Waals surface area contributed by atoms with Gasteiger partial charge in [-0.25, -0.2) is 9.89 Å². The zero-order chi connectivity index (χ0) is 10.8. The van der Waals surface area contributed by atoms with E-state index in [-0.39, 0.29) is 11.7 Å².